The number of aromatic nitrogens is 2. The van der Waals surface area contributed by atoms with Gasteiger partial charge in [0.2, 0.25) is 0 Å². The normalized spacial score (nSPS) is 13.1. The van der Waals surface area contributed by atoms with Crippen molar-refractivity contribution in [3.8, 4) is 5.75 Å². The maximum absolute atomic E-state index is 13.1. The summed E-state index contributed by atoms with van der Waals surface area (Å²) in [6.45, 7) is 4.94. The number of benzene rings is 1. The minimum atomic E-state index is -3.74. The number of nitrogens with zero attached hydrogens (tertiary/aromatic N) is 3. The molecule has 0 fully saturated rings. The number of aliphatic imine (C=N–C) groups is 1. The van der Waals surface area contributed by atoms with E-state index in [-0.39, 0.29) is 28.8 Å². The van der Waals surface area contributed by atoms with Gasteiger partial charge in [-0.3, -0.25) is 14.7 Å². The second kappa shape index (κ2) is 10.2. The van der Waals surface area contributed by atoms with E-state index in [1.54, 1.807) is 25.2 Å². The van der Waals surface area contributed by atoms with Crippen molar-refractivity contribution in [1.82, 2.24) is 14.7 Å². The number of carbonyl (C=O) groups excluding carboxylic acids is 1. The lowest BCUT2D eigenvalue weighted by Crippen LogP contribution is -2.30. The molecule has 3 N–H and O–H groups in total. The number of rotatable bonds is 6. The molecule has 0 spiro atoms. The number of carbonyl (C=O) groups is 1. The second-order valence-electron chi connectivity index (χ2n) is 8.59. The largest absolute Gasteiger partial charge is 0.495 e. The number of methoxy groups -OCH3 is 1. The number of sulfone groups is 1. The van der Waals surface area contributed by atoms with Crippen LogP contribution in [0, 0.1) is 0 Å². The highest BCUT2D eigenvalue weighted by Crippen LogP contribution is 2.33. The lowest BCUT2D eigenvalue weighted by atomic mass is 10.2. The van der Waals surface area contributed by atoms with Gasteiger partial charge < -0.3 is 15.2 Å². The Kier molecular flexibility index (Phi) is 7.49. The molecule has 11 heteroatoms. The number of pyridine rings is 1. The van der Waals surface area contributed by atoms with Crippen LogP contribution in [0.5, 0.6) is 5.75 Å². The Morgan fingerprint density at radius 1 is 1.26 bits per heavy atom. The number of fused-ring (bicyclic) bond motifs is 1. The summed E-state index contributed by atoms with van der Waals surface area (Å²) in [5.74, 6) is 0.345. The first-order valence-electron chi connectivity index (χ1n) is 10.7. The fourth-order valence-electron chi connectivity index (χ4n) is 3.13. The smallest absolute Gasteiger partial charge is 0.413 e. The molecular weight excluding hydrogens is 470 g/mol. The molecule has 1 aromatic carbocycles. The third kappa shape index (κ3) is 5.62. The van der Waals surface area contributed by atoms with Crippen molar-refractivity contribution in [3.63, 3.8) is 0 Å². The van der Waals surface area contributed by atoms with Gasteiger partial charge in [0.15, 0.2) is 9.84 Å². The first-order chi connectivity index (χ1) is 16.5. The zero-order chi connectivity index (χ0) is 25.8. The van der Waals surface area contributed by atoms with Crippen molar-refractivity contribution in [2.75, 3.05) is 14.2 Å². The van der Waals surface area contributed by atoms with E-state index in [0.29, 0.717) is 11.3 Å². The van der Waals surface area contributed by atoms with Crippen molar-refractivity contribution in [2.45, 2.75) is 37.0 Å². The standard InChI is InChI=1S/C24H29N5O5S/c1-24(2,3)35(31,32)20-14-29-18(13-27-22(29)12-19(20)33-5)17(25)11-21(26-4)28-23(30)34-15-16-9-7-6-8-10-16/h6-14H,15,25H2,1-5H3,(H,26,28,30)/b17-11-. The third-order valence-electron chi connectivity index (χ3n) is 5.16. The van der Waals surface area contributed by atoms with E-state index >= 15 is 0 Å². The molecule has 2 aromatic heterocycles. The molecule has 0 saturated heterocycles. The van der Waals surface area contributed by atoms with Crippen LogP contribution in [-0.2, 0) is 21.2 Å². The number of hydrogen-bond donors (Lipinski definition) is 2. The van der Waals surface area contributed by atoms with Crippen molar-refractivity contribution in [3.05, 3.63) is 66.1 Å². The molecule has 35 heavy (non-hydrogen) atoms. The Morgan fingerprint density at radius 2 is 1.94 bits per heavy atom. The van der Waals surface area contributed by atoms with E-state index in [2.05, 4.69) is 15.3 Å². The molecule has 1 amide bonds. The van der Waals surface area contributed by atoms with Gasteiger partial charge in [0.25, 0.3) is 0 Å². The van der Waals surface area contributed by atoms with Gasteiger partial charge in [-0.1, -0.05) is 30.3 Å². The summed E-state index contributed by atoms with van der Waals surface area (Å²) in [4.78, 5) is 20.6. The van der Waals surface area contributed by atoms with Crippen LogP contribution in [0.3, 0.4) is 0 Å². The summed E-state index contributed by atoms with van der Waals surface area (Å²) in [5, 5.41) is 2.54. The van der Waals surface area contributed by atoms with E-state index in [1.807, 2.05) is 30.3 Å². The molecule has 3 rings (SSSR count). The Labute approximate surface area is 204 Å². The average Bonchev–Trinajstić information content (AvgIpc) is 3.24. The van der Waals surface area contributed by atoms with Crippen LogP contribution in [-0.4, -0.2) is 48.6 Å². The number of nitrogens with one attached hydrogen (secondary N) is 1. The van der Waals surface area contributed by atoms with E-state index in [0.717, 1.165) is 5.56 Å². The first kappa shape index (κ1) is 25.8. The highest BCUT2D eigenvalue weighted by atomic mass is 32.2. The Balaban J connectivity index is 1.89. The van der Waals surface area contributed by atoms with Gasteiger partial charge >= 0.3 is 6.09 Å². The molecule has 186 valence electrons. The summed E-state index contributed by atoms with van der Waals surface area (Å²) < 4.78 is 37.3. The fourth-order valence-corrected chi connectivity index (χ4v) is 4.44. The molecule has 3 aromatic rings. The number of alkyl carbamates (subject to hydrolysis) is 1. The van der Waals surface area contributed by atoms with Crippen LogP contribution in [0.25, 0.3) is 11.3 Å². The summed E-state index contributed by atoms with van der Waals surface area (Å²) >= 11 is 0. The topological polar surface area (TPSA) is 137 Å². The Bertz CT molecular complexity index is 1390. The minimum Gasteiger partial charge on any atom is -0.495 e. The van der Waals surface area contributed by atoms with Crippen LogP contribution in [0.2, 0.25) is 0 Å². The summed E-state index contributed by atoms with van der Waals surface area (Å²) in [6, 6.07) is 10.8. The van der Waals surface area contributed by atoms with Crippen molar-refractivity contribution in [2.24, 2.45) is 10.7 Å². The molecule has 0 unspecified atom stereocenters. The third-order valence-corrected chi connectivity index (χ3v) is 7.66. The maximum Gasteiger partial charge on any atom is 0.413 e. The highest BCUT2D eigenvalue weighted by Gasteiger charge is 2.34. The number of nitrogens with two attached hydrogens (primary N) is 1. The molecule has 0 atom stereocenters. The van der Waals surface area contributed by atoms with Gasteiger partial charge in [-0.25, -0.2) is 18.2 Å². The Morgan fingerprint density at radius 3 is 2.54 bits per heavy atom. The molecule has 0 aliphatic carbocycles. The van der Waals surface area contributed by atoms with E-state index < -0.39 is 20.7 Å². The van der Waals surface area contributed by atoms with Crippen LogP contribution in [0.15, 0.2) is 64.8 Å². The molecule has 0 aliphatic heterocycles. The molecule has 10 nitrogen and oxygen atoms in total. The predicted octanol–water partition coefficient (Wildman–Crippen LogP) is 3.17. The summed E-state index contributed by atoms with van der Waals surface area (Å²) in [5.41, 5.74) is 8.17. The summed E-state index contributed by atoms with van der Waals surface area (Å²) in [6.07, 6.45) is 3.67. The maximum atomic E-state index is 13.1. The van der Waals surface area contributed by atoms with Crippen molar-refractivity contribution < 1.29 is 22.7 Å². The van der Waals surface area contributed by atoms with Crippen molar-refractivity contribution >= 4 is 33.1 Å². The monoisotopic (exact) mass is 499 g/mol. The fraction of sp³-hybridized carbons (Fsp3) is 0.292. The van der Waals surface area contributed by atoms with Crippen LogP contribution in [0.4, 0.5) is 4.79 Å². The van der Waals surface area contributed by atoms with Gasteiger partial charge in [-0.2, -0.15) is 0 Å². The van der Waals surface area contributed by atoms with E-state index in [4.69, 9.17) is 15.2 Å². The number of hydrogen-bond acceptors (Lipinski definition) is 8. The molecular formula is C24H29N5O5S. The zero-order valence-corrected chi connectivity index (χ0v) is 21.1. The van der Waals surface area contributed by atoms with Gasteiger partial charge in [0, 0.05) is 25.4 Å². The van der Waals surface area contributed by atoms with Gasteiger partial charge in [0.05, 0.1) is 29.4 Å². The van der Waals surface area contributed by atoms with Gasteiger partial charge in [-0.15, -0.1) is 0 Å². The van der Waals surface area contributed by atoms with Crippen LogP contribution in [0.1, 0.15) is 32.0 Å². The first-order valence-corrected chi connectivity index (χ1v) is 12.2. The predicted molar refractivity (Wildman–Crippen MR) is 134 cm³/mol. The van der Waals surface area contributed by atoms with Crippen LogP contribution < -0.4 is 15.8 Å². The second-order valence-corrected chi connectivity index (χ2v) is 11.3. The average molecular weight is 500 g/mol. The van der Waals surface area contributed by atoms with Gasteiger partial charge in [0.1, 0.15) is 28.7 Å². The summed E-state index contributed by atoms with van der Waals surface area (Å²) in [7, 11) is -0.844. The molecule has 0 bridgehead atoms. The molecule has 2 heterocycles. The SMILES string of the molecule is CN=C(/C=C(\N)c1cnc2cc(OC)c(S(=O)(=O)C(C)(C)C)cn12)NC(=O)OCc1ccccc1. The van der Waals surface area contributed by atoms with Gasteiger partial charge in [-0.05, 0) is 26.3 Å². The van der Waals surface area contributed by atoms with Crippen molar-refractivity contribution in [1.29, 1.82) is 0 Å². The number of imidazole rings is 1. The van der Waals surface area contributed by atoms with E-state index in [1.165, 1.54) is 38.7 Å². The molecule has 0 saturated carbocycles. The number of amides is 1. The molecule has 0 aliphatic rings. The van der Waals surface area contributed by atoms with E-state index in [9.17, 15) is 13.2 Å². The quantitative estimate of drug-likeness (QED) is 0.392. The number of ether oxygens (including phenoxy) is 2. The molecule has 0 radical (unpaired) electrons. The lowest BCUT2D eigenvalue weighted by Gasteiger charge is -2.21. The number of amidine groups is 1. The minimum absolute atomic E-state index is 0.0130. The Hall–Kier alpha value is -3.86. The zero-order valence-electron chi connectivity index (χ0n) is 20.3. The lowest BCUT2D eigenvalue weighted by molar-refractivity contribution is 0.145. The highest BCUT2D eigenvalue weighted by molar-refractivity contribution is 7.92. The van der Waals surface area contributed by atoms with Crippen LogP contribution >= 0.6 is 0 Å².